The van der Waals surface area contributed by atoms with Crippen molar-refractivity contribution in [2.24, 2.45) is 0 Å². The first-order valence-corrected chi connectivity index (χ1v) is 7.06. The van der Waals surface area contributed by atoms with Crippen LogP contribution >= 0.6 is 0 Å². The van der Waals surface area contributed by atoms with Gasteiger partial charge in [0.25, 0.3) is 0 Å². The first-order valence-electron chi connectivity index (χ1n) is 7.06. The second-order valence-corrected chi connectivity index (χ2v) is 5.15. The lowest BCUT2D eigenvalue weighted by Crippen LogP contribution is -2.39. The lowest BCUT2D eigenvalue weighted by molar-refractivity contribution is -0.117. The Labute approximate surface area is 125 Å². The molecule has 1 aromatic carbocycles. The van der Waals surface area contributed by atoms with E-state index in [1.807, 2.05) is 18.7 Å². The number of hydrogen-bond acceptors (Lipinski definition) is 5. The predicted molar refractivity (Wildman–Crippen MR) is 84.4 cm³/mol. The molecule has 0 fully saturated rings. The molecule has 0 aliphatic rings. The van der Waals surface area contributed by atoms with Crippen molar-refractivity contribution in [2.45, 2.75) is 26.3 Å². The van der Waals surface area contributed by atoms with Gasteiger partial charge in [0.2, 0.25) is 5.91 Å². The first-order chi connectivity index (χ1) is 9.97. The number of rotatable bonds is 8. The molecule has 6 heteroatoms. The molecule has 0 bridgehead atoms. The van der Waals surface area contributed by atoms with Crippen molar-refractivity contribution in [2.75, 3.05) is 37.9 Å². The number of nitrogens with zero attached hydrogens (tertiary/aromatic N) is 1. The monoisotopic (exact) mass is 295 g/mol. The molecule has 0 saturated heterocycles. The maximum Gasteiger partial charge on any atom is 0.238 e. The molecule has 1 amide bonds. The van der Waals surface area contributed by atoms with Crippen molar-refractivity contribution < 1.29 is 14.6 Å². The molecule has 0 aliphatic carbocycles. The van der Waals surface area contributed by atoms with E-state index in [1.165, 1.54) is 7.11 Å². The summed E-state index contributed by atoms with van der Waals surface area (Å²) in [6.45, 7) is 5.12. The third kappa shape index (κ3) is 5.61. The summed E-state index contributed by atoms with van der Waals surface area (Å²) < 4.78 is 5.20. The molecule has 0 heterocycles. The molecule has 0 unspecified atom stereocenters. The SMILES string of the molecule is COc1cc(N)ccc1NC(=O)CN(CCCO)C(C)C. The minimum Gasteiger partial charge on any atom is -0.494 e. The van der Waals surface area contributed by atoms with E-state index in [0.29, 0.717) is 30.1 Å². The molecule has 4 N–H and O–H groups in total. The van der Waals surface area contributed by atoms with Gasteiger partial charge in [-0.25, -0.2) is 0 Å². The van der Waals surface area contributed by atoms with Crippen molar-refractivity contribution in [3.05, 3.63) is 18.2 Å². The van der Waals surface area contributed by atoms with Gasteiger partial charge in [-0.15, -0.1) is 0 Å². The van der Waals surface area contributed by atoms with E-state index in [9.17, 15) is 4.79 Å². The molecule has 6 nitrogen and oxygen atoms in total. The minimum atomic E-state index is -0.121. The van der Waals surface area contributed by atoms with Gasteiger partial charge < -0.3 is 20.9 Å². The summed E-state index contributed by atoms with van der Waals surface area (Å²) in [5.41, 5.74) is 6.86. The Balaban J connectivity index is 2.67. The molecule has 118 valence electrons. The Morgan fingerprint density at radius 1 is 1.48 bits per heavy atom. The number of benzene rings is 1. The average molecular weight is 295 g/mol. The number of aliphatic hydroxyl groups excluding tert-OH is 1. The first kappa shape index (κ1) is 17.3. The maximum absolute atomic E-state index is 12.1. The van der Waals surface area contributed by atoms with Crippen LogP contribution < -0.4 is 15.8 Å². The summed E-state index contributed by atoms with van der Waals surface area (Å²) in [7, 11) is 1.53. The highest BCUT2D eigenvalue weighted by Crippen LogP contribution is 2.26. The van der Waals surface area contributed by atoms with Crippen LogP contribution in [0.25, 0.3) is 0 Å². The fraction of sp³-hybridized carbons (Fsp3) is 0.533. The van der Waals surface area contributed by atoms with E-state index in [2.05, 4.69) is 5.32 Å². The van der Waals surface area contributed by atoms with Gasteiger partial charge in [0.05, 0.1) is 19.3 Å². The zero-order valence-corrected chi connectivity index (χ0v) is 12.9. The van der Waals surface area contributed by atoms with E-state index < -0.39 is 0 Å². The number of carbonyl (C=O) groups excluding carboxylic acids is 1. The van der Waals surface area contributed by atoms with Gasteiger partial charge >= 0.3 is 0 Å². The molecule has 0 saturated carbocycles. The van der Waals surface area contributed by atoms with Gasteiger partial charge in [-0.05, 0) is 32.4 Å². The Kier molecular flexibility index (Phi) is 6.98. The Morgan fingerprint density at radius 3 is 2.76 bits per heavy atom. The second-order valence-electron chi connectivity index (χ2n) is 5.15. The highest BCUT2D eigenvalue weighted by atomic mass is 16.5. The van der Waals surface area contributed by atoms with E-state index in [4.69, 9.17) is 15.6 Å². The molecule has 0 atom stereocenters. The van der Waals surface area contributed by atoms with E-state index in [0.717, 1.165) is 0 Å². The Morgan fingerprint density at radius 2 is 2.19 bits per heavy atom. The van der Waals surface area contributed by atoms with Crippen LogP contribution in [0.4, 0.5) is 11.4 Å². The number of amides is 1. The standard InChI is InChI=1S/C15H25N3O3/c1-11(2)18(7-4-8-19)10-15(20)17-13-6-5-12(16)9-14(13)21-3/h5-6,9,11,19H,4,7-8,10,16H2,1-3H3,(H,17,20). The molecule has 0 radical (unpaired) electrons. The van der Waals surface area contributed by atoms with Crippen molar-refractivity contribution in [1.29, 1.82) is 0 Å². The van der Waals surface area contributed by atoms with Gasteiger partial charge in [-0.2, -0.15) is 0 Å². The summed E-state index contributed by atoms with van der Waals surface area (Å²) in [5, 5.41) is 11.7. The molecule has 1 aromatic rings. The van der Waals surface area contributed by atoms with Gasteiger partial charge in [-0.1, -0.05) is 0 Å². The maximum atomic E-state index is 12.1. The van der Waals surface area contributed by atoms with Crippen molar-refractivity contribution in [3.63, 3.8) is 0 Å². The number of ether oxygens (including phenoxy) is 1. The van der Waals surface area contributed by atoms with Crippen LogP contribution in [-0.4, -0.2) is 48.8 Å². The summed E-state index contributed by atoms with van der Waals surface area (Å²) in [5.74, 6) is 0.416. The molecule has 1 rings (SSSR count). The number of aliphatic hydroxyl groups is 1. The Bertz CT molecular complexity index is 463. The number of carbonyl (C=O) groups is 1. The molecule has 0 aromatic heterocycles. The van der Waals surface area contributed by atoms with Gasteiger partial charge in [0.1, 0.15) is 5.75 Å². The summed E-state index contributed by atoms with van der Waals surface area (Å²) in [4.78, 5) is 14.2. The average Bonchev–Trinajstić information content (AvgIpc) is 2.44. The highest BCUT2D eigenvalue weighted by Gasteiger charge is 2.15. The number of nitrogens with one attached hydrogen (secondary N) is 1. The number of hydrogen-bond donors (Lipinski definition) is 3. The van der Waals surface area contributed by atoms with Gasteiger partial charge in [0, 0.05) is 30.9 Å². The second kappa shape index (κ2) is 8.49. The van der Waals surface area contributed by atoms with E-state index in [-0.39, 0.29) is 25.1 Å². The smallest absolute Gasteiger partial charge is 0.238 e. The highest BCUT2D eigenvalue weighted by molar-refractivity contribution is 5.94. The molecule has 0 aliphatic heterocycles. The third-order valence-electron chi connectivity index (χ3n) is 3.18. The topological polar surface area (TPSA) is 87.8 Å². The molecule has 0 spiro atoms. The minimum absolute atomic E-state index is 0.121. The largest absolute Gasteiger partial charge is 0.494 e. The summed E-state index contributed by atoms with van der Waals surface area (Å²) >= 11 is 0. The lowest BCUT2D eigenvalue weighted by atomic mass is 10.2. The normalized spacial score (nSPS) is 11.0. The van der Waals surface area contributed by atoms with Gasteiger partial charge in [-0.3, -0.25) is 9.69 Å². The van der Waals surface area contributed by atoms with Crippen LogP contribution in [0.3, 0.4) is 0 Å². The lowest BCUT2D eigenvalue weighted by Gasteiger charge is -2.25. The van der Waals surface area contributed by atoms with Crippen molar-refractivity contribution >= 4 is 17.3 Å². The van der Waals surface area contributed by atoms with E-state index >= 15 is 0 Å². The number of nitrogens with two attached hydrogens (primary N) is 1. The van der Waals surface area contributed by atoms with Crippen LogP contribution in [0.5, 0.6) is 5.75 Å². The van der Waals surface area contributed by atoms with Crippen LogP contribution in [-0.2, 0) is 4.79 Å². The quantitative estimate of drug-likeness (QED) is 0.629. The Hall–Kier alpha value is -1.79. The molecule has 21 heavy (non-hydrogen) atoms. The fourth-order valence-electron chi connectivity index (χ4n) is 1.98. The van der Waals surface area contributed by atoms with Crippen molar-refractivity contribution in [1.82, 2.24) is 4.90 Å². The van der Waals surface area contributed by atoms with Crippen LogP contribution in [0, 0.1) is 0 Å². The van der Waals surface area contributed by atoms with Crippen LogP contribution in [0.1, 0.15) is 20.3 Å². The van der Waals surface area contributed by atoms with Gasteiger partial charge in [0.15, 0.2) is 0 Å². The van der Waals surface area contributed by atoms with Crippen LogP contribution in [0.2, 0.25) is 0 Å². The predicted octanol–water partition coefficient (Wildman–Crippen LogP) is 1.31. The van der Waals surface area contributed by atoms with Crippen LogP contribution in [0.15, 0.2) is 18.2 Å². The zero-order chi connectivity index (χ0) is 15.8. The third-order valence-corrected chi connectivity index (χ3v) is 3.18. The fourth-order valence-corrected chi connectivity index (χ4v) is 1.98. The zero-order valence-electron chi connectivity index (χ0n) is 12.9. The summed E-state index contributed by atoms with van der Waals surface area (Å²) in [6, 6.07) is 5.33. The number of nitrogen functional groups attached to an aromatic ring is 1. The molecular formula is C15H25N3O3. The van der Waals surface area contributed by atoms with E-state index in [1.54, 1.807) is 18.2 Å². The summed E-state index contributed by atoms with van der Waals surface area (Å²) in [6.07, 6.45) is 0.649. The number of methoxy groups -OCH3 is 1. The van der Waals surface area contributed by atoms with Crippen molar-refractivity contribution in [3.8, 4) is 5.75 Å². The molecular weight excluding hydrogens is 270 g/mol. The number of anilines is 2.